The summed E-state index contributed by atoms with van der Waals surface area (Å²) in [4.78, 5) is 58.5. The van der Waals surface area contributed by atoms with Crippen LogP contribution in [0.2, 0.25) is 0 Å². The third kappa shape index (κ3) is 10.8. The van der Waals surface area contributed by atoms with E-state index in [4.69, 9.17) is 18.9 Å². The van der Waals surface area contributed by atoms with Crippen LogP contribution in [-0.4, -0.2) is 57.3 Å². The van der Waals surface area contributed by atoms with Crippen LogP contribution in [-0.2, 0) is 33.4 Å². The van der Waals surface area contributed by atoms with Crippen molar-refractivity contribution in [1.29, 1.82) is 0 Å². The molecule has 0 saturated heterocycles. The molecule has 0 heterocycles. The van der Waals surface area contributed by atoms with Gasteiger partial charge in [-0.3, -0.25) is 9.59 Å². The second-order valence-corrected chi connectivity index (χ2v) is 8.18. The van der Waals surface area contributed by atoms with Crippen LogP contribution in [0.4, 0.5) is 0 Å². The van der Waals surface area contributed by atoms with E-state index in [1.807, 2.05) is 0 Å². The van der Waals surface area contributed by atoms with Gasteiger partial charge in [0.2, 0.25) is 0 Å². The Morgan fingerprint density at radius 3 is 1.68 bits per heavy atom. The van der Waals surface area contributed by atoms with Crippen LogP contribution in [0.1, 0.15) is 36.0 Å². The van der Waals surface area contributed by atoms with Gasteiger partial charge >= 0.3 is 29.8 Å². The molecule has 0 fully saturated rings. The van der Waals surface area contributed by atoms with Gasteiger partial charge in [-0.05, 0) is 61.4 Å². The Morgan fingerprint density at radius 2 is 1.10 bits per heavy atom. The Kier molecular flexibility index (Phi) is 12.6. The zero-order chi connectivity index (χ0) is 29.5. The lowest BCUT2D eigenvalue weighted by molar-refractivity contribution is -0.144. The lowest BCUT2D eigenvalue weighted by Crippen LogP contribution is -2.14. The molecular weight excluding hydrogens is 524 g/mol. The summed E-state index contributed by atoms with van der Waals surface area (Å²) in [6, 6.07) is 12.1. The summed E-state index contributed by atoms with van der Waals surface area (Å²) >= 11 is 0. The molecule has 0 bridgehead atoms. The summed E-state index contributed by atoms with van der Waals surface area (Å²) in [6.07, 6.45) is 0.647. The van der Waals surface area contributed by atoms with Crippen LogP contribution in [0.3, 0.4) is 0 Å². The van der Waals surface area contributed by atoms with E-state index in [0.717, 1.165) is 0 Å². The van der Waals surface area contributed by atoms with Crippen LogP contribution >= 0.6 is 0 Å². The van der Waals surface area contributed by atoms with Crippen molar-refractivity contribution in [2.45, 2.75) is 25.7 Å². The van der Waals surface area contributed by atoms with Crippen molar-refractivity contribution in [2.75, 3.05) is 27.4 Å². The topological polar surface area (TPSA) is 141 Å². The summed E-state index contributed by atoms with van der Waals surface area (Å²) < 4.78 is 30.1. The number of hydrogen-bond acceptors (Lipinski definition) is 11. The maximum Gasteiger partial charge on any atom is 0.343 e. The number of carbonyl (C=O) groups excluding carboxylic acids is 5. The molecule has 0 atom stereocenters. The monoisotopic (exact) mass is 554 g/mol. The van der Waals surface area contributed by atoms with E-state index in [1.54, 1.807) is 24.3 Å². The minimum atomic E-state index is -0.787. The van der Waals surface area contributed by atoms with Gasteiger partial charge in [-0.2, -0.15) is 0 Å². The van der Waals surface area contributed by atoms with Crippen molar-refractivity contribution in [2.24, 2.45) is 0 Å². The average Bonchev–Trinajstić information content (AvgIpc) is 2.95. The summed E-state index contributed by atoms with van der Waals surface area (Å²) in [6.45, 7) is 7.53. The molecule has 0 aliphatic carbocycles. The van der Waals surface area contributed by atoms with Crippen LogP contribution in [0.5, 0.6) is 17.2 Å². The van der Waals surface area contributed by atoms with Gasteiger partial charge in [-0.1, -0.05) is 13.2 Å². The van der Waals surface area contributed by atoms with Crippen LogP contribution in [0.15, 0.2) is 72.8 Å². The predicted octanol–water partition coefficient (Wildman–Crippen LogP) is 3.75. The molecule has 2 aromatic carbocycles. The highest BCUT2D eigenvalue weighted by atomic mass is 16.5. The second kappa shape index (κ2) is 16.1. The fourth-order valence-electron chi connectivity index (χ4n) is 2.91. The van der Waals surface area contributed by atoms with E-state index in [0.29, 0.717) is 30.9 Å². The molecule has 40 heavy (non-hydrogen) atoms. The highest BCUT2D eigenvalue weighted by Crippen LogP contribution is 2.20. The van der Waals surface area contributed by atoms with Gasteiger partial charge in [-0.25, -0.2) is 14.4 Å². The van der Waals surface area contributed by atoms with Gasteiger partial charge in [0, 0.05) is 11.1 Å². The first-order chi connectivity index (χ1) is 19.1. The number of esters is 5. The van der Waals surface area contributed by atoms with Crippen molar-refractivity contribution >= 4 is 29.8 Å². The molecule has 0 radical (unpaired) electrons. The molecule has 0 saturated carbocycles. The molecule has 212 valence electrons. The predicted molar refractivity (Wildman–Crippen MR) is 141 cm³/mol. The van der Waals surface area contributed by atoms with E-state index < -0.39 is 29.8 Å². The van der Waals surface area contributed by atoms with Gasteiger partial charge in [0.15, 0.2) is 0 Å². The third-order valence-electron chi connectivity index (χ3n) is 5.12. The van der Waals surface area contributed by atoms with Gasteiger partial charge in [0.25, 0.3) is 0 Å². The number of ether oxygens (including phenoxy) is 6. The Hall–Kier alpha value is -4.93. The van der Waals surface area contributed by atoms with Crippen molar-refractivity contribution in [1.82, 2.24) is 0 Å². The molecule has 0 N–H and O–H groups in total. The van der Waals surface area contributed by atoms with Crippen LogP contribution in [0.25, 0.3) is 0 Å². The Bertz CT molecular complexity index is 1230. The Labute approximate surface area is 231 Å². The minimum absolute atomic E-state index is 0.0297. The first-order valence-corrected chi connectivity index (χ1v) is 12.1. The molecule has 0 aliphatic rings. The second-order valence-electron chi connectivity index (χ2n) is 8.18. The molecule has 0 unspecified atom stereocenters. The maximum atomic E-state index is 12.4. The Morgan fingerprint density at radius 1 is 0.625 bits per heavy atom. The van der Waals surface area contributed by atoms with Gasteiger partial charge in [-0.15, -0.1) is 0 Å². The van der Waals surface area contributed by atoms with Crippen LogP contribution < -0.4 is 14.2 Å². The number of carbonyl (C=O) groups is 5. The number of unbranched alkanes of at least 4 members (excludes halogenated alkanes) is 1. The molecular formula is C29H30O11. The molecule has 0 aliphatic heterocycles. The lowest BCUT2D eigenvalue weighted by Gasteiger charge is -2.09. The lowest BCUT2D eigenvalue weighted by atomic mass is 10.2. The third-order valence-corrected chi connectivity index (χ3v) is 5.12. The van der Waals surface area contributed by atoms with Crippen molar-refractivity contribution in [3.63, 3.8) is 0 Å². The first-order valence-electron chi connectivity index (χ1n) is 12.1. The van der Waals surface area contributed by atoms with Crippen molar-refractivity contribution in [3.8, 4) is 17.2 Å². The normalized spacial score (nSPS) is 10.1. The van der Waals surface area contributed by atoms with Gasteiger partial charge in [0.05, 0.1) is 45.8 Å². The Balaban J connectivity index is 1.71. The molecule has 0 aromatic heterocycles. The standard InChI is InChI=1S/C29H30O11/c1-19(17-25(30)35-3)27(32)38-16-6-5-15-37-22-11-13-24(14-12-22)40-29(34)21-7-9-23(10-8-21)39-28(33)20(2)18-26(31)36-4/h7-14H,1-2,5-6,15-18H2,3-4H3. The quantitative estimate of drug-likeness (QED) is 0.104. The van der Waals surface area contributed by atoms with Gasteiger partial charge < -0.3 is 28.4 Å². The smallest absolute Gasteiger partial charge is 0.343 e. The number of rotatable bonds is 15. The highest BCUT2D eigenvalue weighted by Gasteiger charge is 2.16. The number of methoxy groups -OCH3 is 2. The minimum Gasteiger partial charge on any atom is -0.494 e. The SMILES string of the molecule is C=C(CC(=O)OC)C(=O)OCCCCOc1ccc(OC(=O)c2ccc(OC(=O)C(=C)CC(=O)OC)cc2)cc1. The first kappa shape index (κ1) is 31.3. The van der Waals surface area contributed by atoms with E-state index in [9.17, 15) is 24.0 Å². The fraction of sp³-hybridized carbons (Fsp3) is 0.276. The number of hydrogen-bond donors (Lipinski definition) is 0. The highest BCUT2D eigenvalue weighted by molar-refractivity contribution is 5.95. The van der Waals surface area contributed by atoms with Gasteiger partial charge in [0.1, 0.15) is 17.2 Å². The largest absolute Gasteiger partial charge is 0.494 e. The summed E-state index contributed by atoms with van der Waals surface area (Å²) in [5.41, 5.74) is 0.189. The van der Waals surface area contributed by atoms with Crippen molar-refractivity contribution in [3.05, 3.63) is 78.4 Å². The molecule has 0 amide bonds. The zero-order valence-corrected chi connectivity index (χ0v) is 22.3. The molecule has 11 heteroatoms. The van der Waals surface area contributed by atoms with Crippen LogP contribution in [0, 0.1) is 0 Å². The van der Waals surface area contributed by atoms with E-state index in [1.165, 1.54) is 38.5 Å². The van der Waals surface area contributed by atoms with Crippen molar-refractivity contribution < 1.29 is 52.4 Å². The summed E-state index contributed by atoms with van der Waals surface area (Å²) in [5.74, 6) is -2.21. The summed E-state index contributed by atoms with van der Waals surface area (Å²) in [5, 5.41) is 0. The number of benzene rings is 2. The zero-order valence-electron chi connectivity index (χ0n) is 22.3. The molecule has 11 nitrogen and oxygen atoms in total. The average molecular weight is 555 g/mol. The molecule has 2 aromatic rings. The van der Waals surface area contributed by atoms with E-state index in [-0.39, 0.29) is 41.9 Å². The molecule has 0 spiro atoms. The summed E-state index contributed by atoms with van der Waals surface area (Å²) in [7, 11) is 2.42. The maximum absolute atomic E-state index is 12.4. The fourth-order valence-corrected chi connectivity index (χ4v) is 2.91. The van der Waals surface area contributed by atoms with E-state index in [2.05, 4.69) is 22.6 Å². The van der Waals surface area contributed by atoms with E-state index >= 15 is 0 Å². The molecule has 2 rings (SSSR count).